The van der Waals surface area contributed by atoms with Crippen molar-refractivity contribution in [3.8, 4) is 10.6 Å². The van der Waals surface area contributed by atoms with Gasteiger partial charge in [-0.05, 0) is 18.1 Å². The summed E-state index contributed by atoms with van der Waals surface area (Å²) in [5.41, 5.74) is 1.89. The first-order valence-electron chi connectivity index (χ1n) is 7.72. The predicted molar refractivity (Wildman–Crippen MR) is 99.4 cm³/mol. The normalized spacial score (nSPS) is 19.0. The van der Waals surface area contributed by atoms with E-state index in [0.717, 1.165) is 22.6 Å². The van der Waals surface area contributed by atoms with Crippen molar-refractivity contribution in [2.75, 3.05) is 0 Å². The third-order valence-electron chi connectivity index (χ3n) is 4.17. The number of hydrogen-bond donors (Lipinski definition) is 1. The molecule has 2 atom stereocenters. The summed E-state index contributed by atoms with van der Waals surface area (Å²) >= 11 is 13.7. The van der Waals surface area contributed by atoms with E-state index in [9.17, 15) is 4.79 Å². The molecule has 0 bridgehead atoms. The zero-order valence-electron chi connectivity index (χ0n) is 13.2. The van der Waals surface area contributed by atoms with Crippen LogP contribution in [0.3, 0.4) is 0 Å². The fourth-order valence-corrected chi connectivity index (χ4v) is 4.03. The van der Waals surface area contributed by atoms with Crippen molar-refractivity contribution >= 4 is 40.4 Å². The SMILES string of the molecule is Cn1cc(-c2ncc(C(=O)N[C@@H]3C[C@H]3c3cccc(Cl)c3Cl)s2)cn1. The van der Waals surface area contributed by atoms with Crippen LogP contribution in [0, 0.1) is 0 Å². The molecule has 1 saturated carbocycles. The van der Waals surface area contributed by atoms with Gasteiger partial charge < -0.3 is 5.32 Å². The zero-order valence-corrected chi connectivity index (χ0v) is 15.6. The van der Waals surface area contributed by atoms with Crippen LogP contribution in [0.15, 0.2) is 36.8 Å². The minimum atomic E-state index is -0.113. The molecular formula is C17H14Cl2N4OS. The van der Waals surface area contributed by atoms with Crippen molar-refractivity contribution in [1.29, 1.82) is 0 Å². The molecule has 1 amide bonds. The van der Waals surface area contributed by atoms with Crippen molar-refractivity contribution in [2.24, 2.45) is 7.05 Å². The first-order chi connectivity index (χ1) is 12.0. The van der Waals surface area contributed by atoms with Crippen LogP contribution in [0.25, 0.3) is 10.6 Å². The van der Waals surface area contributed by atoms with Gasteiger partial charge in [0.2, 0.25) is 0 Å². The van der Waals surface area contributed by atoms with E-state index in [4.69, 9.17) is 23.2 Å². The highest BCUT2D eigenvalue weighted by molar-refractivity contribution is 7.16. The lowest BCUT2D eigenvalue weighted by molar-refractivity contribution is 0.0954. The summed E-state index contributed by atoms with van der Waals surface area (Å²) in [4.78, 5) is 17.4. The van der Waals surface area contributed by atoms with Crippen LogP contribution in [-0.4, -0.2) is 26.7 Å². The number of rotatable bonds is 4. The van der Waals surface area contributed by atoms with Gasteiger partial charge in [0.25, 0.3) is 5.91 Å². The molecule has 2 heterocycles. The van der Waals surface area contributed by atoms with Gasteiger partial charge in [0.15, 0.2) is 0 Å². The van der Waals surface area contributed by atoms with Gasteiger partial charge in [-0.3, -0.25) is 9.48 Å². The Morgan fingerprint density at radius 3 is 2.96 bits per heavy atom. The van der Waals surface area contributed by atoms with Crippen LogP contribution in [-0.2, 0) is 7.05 Å². The first-order valence-corrected chi connectivity index (χ1v) is 9.30. The van der Waals surface area contributed by atoms with Gasteiger partial charge >= 0.3 is 0 Å². The highest BCUT2D eigenvalue weighted by atomic mass is 35.5. The van der Waals surface area contributed by atoms with E-state index < -0.39 is 0 Å². The molecule has 0 spiro atoms. The third-order valence-corrected chi connectivity index (χ3v) is 6.05. The van der Waals surface area contributed by atoms with Gasteiger partial charge in [0, 0.05) is 30.8 Å². The minimum absolute atomic E-state index is 0.0763. The summed E-state index contributed by atoms with van der Waals surface area (Å²) in [6.45, 7) is 0. The molecule has 3 aromatic rings. The van der Waals surface area contributed by atoms with Crippen LogP contribution in [0.5, 0.6) is 0 Å². The monoisotopic (exact) mass is 392 g/mol. The van der Waals surface area contributed by atoms with Gasteiger partial charge in [0.05, 0.1) is 22.4 Å². The quantitative estimate of drug-likeness (QED) is 0.725. The molecule has 1 aliphatic carbocycles. The van der Waals surface area contributed by atoms with Crippen molar-refractivity contribution in [2.45, 2.75) is 18.4 Å². The van der Waals surface area contributed by atoms with Crippen molar-refractivity contribution in [3.63, 3.8) is 0 Å². The first kappa shape index (κ1) is 16.6. The summed E-state index contributed by atoms with van der Waals surface area (Å²) in [5, 5.41) is 9.06. The van der Waals surface area contributed by atoms with Crippen molar-refractivity contribution in [1.82, 2.24) is 20.1 Å². The highest BCUT2D eigenvalue weighted by Gasteiger charge is 2.41. The lowest BCUT2D eigenvalue weighted by Gasteiger charge is -2.06. The number of benzene rings is 1. The molecule has 4 rings (SSSR count). The van der Waals surface area contributed by atoms with Crippen LogP contribution in [0.1, 0.15) is 27.6 Å². The average molecular weight is 393 g/mol. The molecule has 0 radical (unpaired) electrons. The summed E-state index contributed by atoms with van der Waals surface area (Å²) in [7, 11) is 1.85. The predicted octanol–water partition coefficient (Wildman–Crippen LogP) is 4.14. The van der Waals surface area contributed by atoms with E-state index in [1.54, 1.807) is 23.1 Å². The third kappa shape index (κ3) is 3.29. The molecule has 1 aromatic carbocycles. The van der Waals surface area contributed by atoms with Crippen LogP contribution in [0.4, 0.5) is 0 Å². The van der Waals surface area contributed by atoms with Gasteiger partial charge in [-0.25, -0.2) is 4.98 Å². The maximum atomic E-state index is 12.5. The molecule has 5 nitrogen and oxygen atoms in total. The van der Waals surface area contributed by atoms with E-state index in [-0.39, 0.29) is 17.9 Å². The summed E-state index contributed by atoms with van der Waals surface area (Å²) in [6, 6.07) is 5.68. The van der Waals surface area contributed by atoms with Gasteiger partial charge in [-0.1, -0.05) is 35.3 Å². The van der Waals surface area contributed by atoms with Gasteiger partial charge in [-0.15, -0.1) is 11.3 Å². The van der Waals surface area contributed by atoms with E-state index in [1.165, 1.54) is 11.3 Å². The maximum Gasteiger partial charge on any atom is 0.263 e. The van der Waals surface area contributed by atoms with Gasteiger partial charge in [-0.2, -0.15) is 5.10 Å². The molecular weight excluding hydrogens is 379 g/mol. The summed E-state index contributed by atoms with van der Waals surface area (Å²) < 4.78 is 1.71. The number of nitrogens with one attached hydrogen (secondary N) is 1. The van der Waals surface area contributed by atoms with Crippen molar-refractivity contribution in [3.05, 3.63) is 57.3 Å². The number of halogens is 2. The number of thiazole rings is 1. The summed E-state index contributed by atoms with van der Waals surface area (Å²) in [5.74, 6) is 0.0964. The Morgan fingerprint density at radius 2 is 2.20 bits per heavy atom. The number of nitrogens with zero attached hydrogens (tertiary/aromatic N) is 3. The number of aryl methyl sites for hydroxylation is 1. The Hall–Kier alpha value is -1.89. The molecule has 1 aliphatic rings. The Labute approximate surface area is 158 Å². The smallest absolute Gasteiger partial charge is 0.263 e. The molecule has 1 N–H and O–H groups in total. The Morgan fingerprint density at radius 1 is 1.36 bits per heavy atom. The second-order valence-corrected chi connectivity index (χ2v) is 7.81. The lowest BCUT2D eigenvalue weighted by Crippen LogP contribution is -2.25. The molecule has 2 aromatic heterocycles. The van der Waals surface area contributed by atoms with Crippen molar-refractivity contribution < 1.29 is 4.79 Å². The number of amides is 1. The van der Waals surface area contributed by atoms with E-state index in [2.05, 4.69) is 15.4 Å². The number of carbonyl (C=O) groups is 1. The Bertz CT molecular complexity index is 952. The number of hydrogen-bond acceptors (Lipinski definition) is 4. The molecule has 128 valence electrons. The largest absolute Gasteiger partial charge is 0.348 e. The van der Waals surface area contributed by atoms with Crippen LogP contribution < -0.4 is 5.32 Å². The van der Waals surface area contributed by atoms with Crippen LogP contribution in [0.2, 0.25) is 10.0 Å². The minimum Gasteiger partial charge on any atom is -0.348 e. The highest BCUT2D eigenvalue weighted by Crippen LogP contribution is 2.45. The van der Waals surface area contributed by atoms with E-state index >= 15 is 0 Å². The van der Waals surface area contributed by atoms with E-state index in [1.807, 2.05) is 25.4 Å². The fourth-order valence-electron chi connectivity index (χ4n) is 2.79. The fraction of sp³-hybridized carbons (Fsp3) is 0.235. The second kappa shape index (κ2) is 6.44. The summed E-state index contributed by atoms with van der Waals surface area (Å²) in [6.07, 6.45) is 6.07. The number of carbonyl (C=O) groups excluding carboxylic acids is 1. The molecule has 0 aliphatic heterocycles. The molecule has 0 unspecified atom stereocenters. The molecule has 1 fully saturated rings. The second-order valence-electron chi connectivity index (χ2n) is 6.00. The van der Waals surface area contributed by atoms with E-state index in [0.29, 0.717) is 14.9 Å². The zero-order chi connectivity index (χ0) is 17.6. The van der Waals surface area contributed by atoms with Gasteiger partial charge in [0.1, 0.15) is 9.88 Å². The Kier molecular flexibility index (Phi) is 4.27. The molecule has 0 saturated heterocycles. The van der Waals surface area contributed by atoms with Crippen LogP contribution >= 0.6 is 34.5 Å². The topological polar surface area (TPSA) is 59.8 Å². The standard InChI is InChI=1S/C17H14Cl2N4OS/c1-23-8-9(6-21-23)17-20-7-14(25-17)16(24)22-13-5-11(13)10-3-2-4-12(18)15(10)19/h2-4,6-8,11,13H,5H2,1H3,(H,22,24)/t11-,13+/m0/s1. The number of aromatic nitrogens is 3. The molecule has 8 heteroatoms. The molecule has 25 heavy (non-hydrogen) atoms. The average Bonchev–Trinajstić information content (AvgIpc) is 2.99. The maximum absolute atomic E-state index is 12.5. The Balaban J connectivity index is 1.44. The lowest BCUT2D eigenvalue weighted by atomic mass is 10.1.